The van der Waals surface area contributed by atoms with Gasteiger partial charge in [-0.3, -0.25) is 14.2 Å². The second-order valence-corrected chi connectivity index (χ2v) is 8.44. The normalized spacial score (nSPS) is 11.8. The highest BCUT2D eigenvalue weighted by atomic mass is 19.1. The molecule has 7 nitrogen and oxygen atoms in total. The number of aromatic nitrogens is 3. The van der Waals surface area contributed by atoms with E-state index >= 15 is 0 Å². The number of hydrogen-bond acceptors (Lipinski definition) is 4. The Morgan fingerprint density at radius 2 is 1.71 bits per heavy atom. The second kappa shape index (κ2) is 9.89. The van der Waals surface area contributed by atoms with Gasteiger partial charge in [0.05, 0.1) is 18.3 Å². The van der Waals surface area contributed by atoms with Gasteiger partial charge in [-0.15, -0.1) is 0 Å². The Labute approximate surface area is 201 Å². The number of carbonyl (C=O) groups is 1. The Kier molecular flexibility index (Phi) is 6.73. The first-order valence-corrected chi connectivity index (χ1v) is 11.2. The van der Waals surface area contributed by atoms with E-state index < -0.39 is 34.7 Å². The molecule has 0 bridgehead atoms. The lowest BCUT2D eigenvalue weighted by Crippen LogP contribution is -2.46. The highest BCUT2D eigenvalue weighted by Gasteiger charge is 2.22. The average molecular weight is 473 g/mol. The predicted octanol–water partition coefficient (Wildman–Crippen LogP) is 3.69. The van der Waals surface area contributed by atoms with E-state index in [1.807, 2.05) is 50.2 Å². The highest BCUT2D eigenvalue weighted by Crippen LogP contribution is 2.13. The average Bonchev–Trinajstić information content (AvgIpc) is 2.84. The van der Waals surface area contributed by atoms with Gasteiger partial charge in [0.2, 0.25) is 5.69 Å². The first-order valence-electron chi connectivity index (χ1n) is 11.2. The van der Waals surface area contributed by atoms with Crippen LogP contribution in [0.5, 0.6) is 0 Å². The third-order valence-electron chi connectivity index (χ3n) is 5.89. The molecule has 0 saturated carbocycles. The van der Waals surface area contributed by atoms with E-state index in [9.17, 15) is 18.8 Å². The summed E-state index contributed by atoms with van der Waals surface area (Å²) in [4.78, 5) is 39.8. The lowest BCUT2D eigenvalue weighted by atomic mass is 10.1. The zero-order chi connectivity index (χ0) is 25.1. The minimum Gasteiger partial charge on any atom is -0.344 e. The van der Waals surface area contributed by atoms with Crippen LogP contribution in [-0.4, -0.2) is 20.3 Å². The number of hydrogen-bond donors (Lipinski definition) is 1. The molecule has 1 N–H and O–H groups in total. The molecule has 4 rings (SSSR count). The molecule has 0 fully saturated rings. The van der Waals surface area contributed by atoms with Crippen molar-refractivity contribution in [2.75, 3.05) is 0 Å². The van der Waals surface area contributed by atoms with Crippen LogP contribution < -0.4 is 16.6 Å². The lowest BCUT2D eigenvalue weighted by molar-refractivity contribution is 0.0930. The molecule has 0 aliphatic carbocycles. The monoisotopic (exact) mass is 472 g/mol. The number of aryl methyl sites for hydroxylation is 2. The zero-order valence-corrected chi connectivity index (χ0v) is 19.7. The van der Waals surface area contributed by atoms with Crippen molar-refractivity contribution in [3.05, 3.63) is 127 Å². The SMILES string of the molecule is Cc1ccc(-n2nc(C(=O)NC(C)c3ccccc3)c(=O)n(Cc3cccc(F)c3)c2=O)cc1C. The lowest BCUT2D eigenvalue weighted by Gasteiger charge is -2.16. The van der Waals surface area contributed by atoms with Crippen molar-refractivity contribution in [2.45, 2.75) is 33.4 Å². The quantitative estimate of drug-likeness (QED) is 0.464. The summed E-state index contributed by atoms with van der Waals surface area (Å²) in [6.45, 7) is 5.40. The number of amides is 1. The van der Waals surface area contributed by atoms with Gasteiger partial charge in [-0.25, -0.2) is 9.18 Å². The van der Waals surface area contributed by atoms with Gasteiger partial charge in [0, 0.05) is 0 Å². The molecule has 0 aliphatic rings. The van der Waals surface area contributed by atoms with Gasteiger partial charge >= 0.3 is 5.69 Å². The number of carbonyl (C=O) groups excluding carboxylic acids is 1. The Morgan fingerprint density at radius 1 is 0.971 bits per heavy atom. The molecule has 1 amide bonds. The summed E-state index contributed by atoms with van der Waals surface area (Å²) in [7, 11) is 0. The smallest absolute Gasteiger partial charge is 0.344 e. The molecule has 178 valence electrons. The van der Waals surface area contributed by atoms with Crippen LogP contribution in [0.25, 0.3) is 5.69 Å². The number of benzene rings is 3. The molecule has 1 unspecified atom stereocenters. The summed E-state index contributed by atoms with van der Waals surface area (Å²) in [6.07, 6.45) is 0. The summed E-state index contributed by atoms with van der Waals surface area (Å²) < 4.78 is 15.7. The molecular formula is C27H25FN4O3. The minimum atomic E-state index is -0.850. The number of halogens is 1. The number of nitrogens with one attached hydrogen (secondary N) is 1. The van der Waals surface area contributed by atoms with Gasteiger partial charge in [-0.1, -0.05) is 48.5 Å². The maximum atomic E-state index is 13.8. The fraction of sp³-hybridized carbons (Fsp3) is 0.185. The second-order valence-electron chi connectivity index (χ2n) is 8.44. The van der Waals surface area contributed by atoms with E-state index in [0.717, 1.165) is 25.9 Å². The summed E-state index contributed by atoms with van der Waals surface area (Å²) in [5.41, 5.74) is 1.60. The van der Waals surface area contributed by atoms with E-state index in [-0.39, 0.29) is 6.54 Å². The molecule has 0 radical (unpaired) electrons. The molecular weight excluding hydrogens is 447 g/mol. The largest absolute Gasteiger partial charge is 0.352 e. The van der Waals surface area contributed by atoms with Crippen molar-refractivity contribution in [1.82, 2.24) is 19.7 Å². The zero-order valence-electron chi connectivity index (χ0n) is 19.7. The molecule has 35 heavy (non-hydrogen) atoms. The van der Waals surface area contributed by atoms with Gasteiger partial charge in [0.15, 0.2) is 0 Å². The van der Waals surface area contributed by atoms with Gasteiger partial charge in [-0.2, -0.15) is 9.78 Å². The van der Waals surface area contributed by atoms with Gasteiger partial charge in [0.1, 0.15) is 5.82 Å². The standard InChI is InChI=1S/C27H25FN4O3/c1-17-12-13-23(14-18(17)2)32-27(35)31(16-20-8-7-11-22(28)15-20)26(34)24(30-32)25(33)29-19(3)21-9-5-4-6-10-21/h4-15,19H,16H2,1-3H3,(H,29,33). The fourth-order valence-electron chi connectivity index (χ4n) is 3.73. The molecule has 1 heterocycles. The van der Waals surface area contributed by atoms with Gasteiger partial charge in [-0.05, 0) is 67.3 Å². The van der Waals surface area contributed by atoms with E-state index in [1.54, 1.807) is 25.1 Å². The Morgan fingerprint density at radius 3 is 2.40 bits per heavy atom. The van der Waals surface area contributed by atoms with Crippen LogP contribution in [0, 0.1) is 19.7 Å². The predicted molar refractivity (Wildman–Crippen MR) is 131 cm³/mol. The Balaban J connectivity index is 1.83. The number of nitrogens with zero attached hydrogens (tertiary/aromatic N) is 3. The molecule has 0 spiro atoms. The maximum absolute atomic E-state index is 13.8. The van der Waals surface area contributed by atoms with Crippen LogP contribution in [0.3, 0.4) is 0 Å². The molecule has 0 aliphatic heterocycles. The van der Waals surface area contributed by atoms with E-state index in [0.29, 0.717) is 11.3 Å². The molecule has 1 atom stereocenters. The minimum absolute atomic E-state index is 0.211. The molecule has 3 aromatic carbocycles. The summed E-state index contributed by atoms with van der Waals surface area (Å²) in [6, 6.07) is 19.8. The van der Waals surface area contributed by atoms with Crippen molar-refractivity contribution in [3.8, 4) is 5.69 Å². The first-order chi connectivity index (χ1) is 16.7. The van der Waals surface area contributed by atoms with Crippen LogP contribution in [0.4, 0.5) is 4.39 Å². The third kappa shape index (κ3) is 5.11. The summed E-state index contributed by atoms with van der Waals surface area (Å²) in [5.74, 6) is -1.20. The molecule has 8 heteroatoms. The van der Waals surface area contributed by atoms with Gasteiger partial charge in [0.25, 0.3) is 11.5 Å². The topological polar surface area (TPSA) is 86.0 Å². The van der Waals surface area contributed by atoms with Crippen molar-refractivity contribution >= 4 is 5.91 Å². The van der Waals surface area contributed by atoms with Crippen LogP contribution in [0.15, 0.2) is 82.4 Å². The highest BCUT2D eigenvalue weighted by molar-refractivity contribution is 5.92. The van der Waals surface area contributed by atoms with Crippen LogP contribution in [0.1, 0.15) is 45.7 Å². The fourth-order valence-corrected chi connectivity index (χ4v) is 3.73. The van der Waals surface area contributed by atoms with Crippen LogP contribution in [-0.2, 0) is 6.54 Å². The molecule has 0 saturated heterocycles. The molecule has 1 aromatic heterocycles. The van der Waals surface area contributed by atoms with Crippen molar-refractivity contribution < 1.29 is 9.18 Å². The Bertz CT molecular complexity index is 1510. The number of rotatable bonds is 6. The van der Waals surface area contributed by atoms with E-state index in [1.165, 1.54) is 18.2 Å². The van der Waals surface area contributed by atoms with E-state index in [4.69, 9.17) is 0 Å². The maximum Gasteiger partial charge on any atom is 0.352 e. The van der Waals surface area contributed by atoms with Crippen LogP contribution in [0.2, 0.25) is 0 Å². The summed E-state index contributed by atoms with van der Waals surface area (Å²) in [5, 5.41) is 6.95. The van der Waals surface area contributed by atoms with Crippen LogP contribution >= 0.6 is 0 Å². The summed E-state index contributed by atoms with van der Waals surface area (Å²) >= 11 is 0. The van der Waals surface area contributed by atoms with Gasteiger partial charge < -0.3 is 5.32 Å². The third-order valence-corrected chi connectivity index (χ3v) is 5.89. The molecule has 4 aromatic rings. The van der Waals surface area contributed by atoms with Crippen molar-refractivity contribution in [1.29, 1.82) is 0 Å². The van der Waals surface area contributed by atoms with E-state index in [2.05, 4.69) is 10.4 Å². The van der Waals surface area contributed by atoms with Crippen molar-refractivity contribution in [2.24, 2.45) is 0 Å². The first kappa shape index (κ1) is 23.8. The Hall–Kier alpha value is -4.33. The van der Waals surface area contributed by atoms with Crippen molar-refractivity contribution in [3.63, 3.8) is 0 Å².